The van der Waals surface area contributed by atoms with Crippen LogP contribution >= 0.6 is 0 Å². The maximum absolute atomic E-state index is 12.2. The van der Waals surface area contributed by atoms with Crippen LogP contribution in [-0.2, 0) is 14.3 Å². The minimum atomic E-state index is -0.656. The number of methoxy groups -OCH3 is 1. The number of ether oxygens (including phenoxy) is 2. The molecule has 0 spiro atoms. The smallest absolute Gasteiger partial charge is 0.331 e. The van der Waals surface area contributed by atoms with Gasteiger partial charge in [-0.15, -0.1) is 0 Å². The summed E-state index contributed by atoms with van der Waals surface area (Å²) in [5.41, 5.74) is 1.78. The Balaban J connectivity index is 1.45. The van der Waals surface area contributed by atoms with Crippen molar-refractivity contribution < 1.29 is 27.9 Å². The van der Waals surface area contributed by atoms with E-state index in [0.717, 1.165) is 16.4 Å². The highest BCUT2D eigenvalue weighted by atomic mass is 16.5. The molecule has 0 fully saturated rings. The van der Waals surface area contributed by atoms with Crippen LogP contribution in [0.4, 0.5) is 5.69 Å². The molecular formula is C22H17NO6. The first-order valence-electron chi connectivity index (χ1n) is 8.81. The molecule has 0 atom stereocenters. The number of amides is 1. The van der Waals surface area contributed by atoms with Gasteiger partial charge in [0.1, 0.15) is 22.7 Å². The van der Waals surface area contributed by atoms with Crippen LogP contribution in [0.5, 0.6) is 5.75 Å². The highest BCUT2D eigenvalue weighted by Crippen LogP contribution is 2.36. The Morgan fingerprint density at radius 3 is 2.72 bits per heavy atom. The van der Waals surface area contributed by atoms with Crippen LogP contribution in [0, 0.1) is 0 Å². The Labute approximate surface area is 165 Å². The molecule has 1 N–H and O–H groups in total. The zero-order chi connectivity index (χ0) is 20.2. The van der Waals surface area contributed by atoms with Gasteiger partial charge in [0.2, 0.25) is 0 Å². The van der Waals surface area contributed by atoms with E-state index >= 15 is 0 Å². The zero-order valence-electron chi connectivity index (χ0n) is 15.5. The van der Waals surface area contributed by atoms with Gasteiger partial charge >= 0.3 is 5.97 Å². The minimum absolute atomic E-state index is 0.422. The van der Waals surface area contributed by atoms with Crippen LogP contribution in [0.25, 0.3) is 28.0 Å². The third kappa shape index (κ3) is 3.98. The lowest BCUT2D eigenvalue weighted by molar-refractivity contribution is -0.142. The molecule has 0 saturated heterocycles. The second-order valence-electron chi connectivity index (χ2n) is 6.15. The molecule has 2 aromatic carbocycles. The lowest BCUT2D eigenvalue weighted by atomic mass is 10.1. The van der Waals surface area contributed by atoms with Crippen molar-refractivity contribution in [3.63, 3.8) is 0 Å². The van der Waals surface area contributed by atoms with Gasteiger partial charge in [-0.3, -0.25) is 4.79 Å². The lowest BCUT2D eigenvalue weighted by Crippen LogP contribution is -2.20. The largest absolute Gasteiger partial charge is 0.495 e. The van der Waals surface area contributed by atoms with E-state index in [-0.39, 0.29) is 0 Å². The summed E-state index contributed by atoms with van der Waals surface area (Å²) < 4.78 is 21.2. The molecule has 1 amide bonds. The molecular weight excluding hydrogens is 374 g/mol. The SMILES string of the molecule is COc1cc2c(cc1NC(=O)COC(=O)/C=C/c1ccco1)oc1ccccc12. The highest BCUT2D eigenvalue weighted by Gasteiger charge is 2.14. The summed E-state index contributed by atoms with van der Waals surface area (Å²) in [4.78, 5) is 23.9. The Kier molecular flexibility index (Phi) is 5.03. The van der Waals surface area contributed by atoms with E-state index < -0.39 is 18.5 Å². The summed E-state index contributed by atoms with van der Waals surface area (Å²) in [6.07, 6.45) is 4.14. The lowest BCUT2D eigenvalue weighted by Gasteiger charge is -2.10. The summed E-state index contributed by atoms with van der Waals surface area (Å²) in [5, 5.41) is 4.51. The first kappa shape index (κ1) is 18.4. The summed E-state index contributed by atoms with van der Waals surface area (Å²) in [7, 11) is 1.51. The minimum Gasteiger partial charge on any atom is -0.495 e. The maximum Gasteiger partial charge on any atom is 0.331 e. The van der Waals surface area contributed by atoms with Gasteiger partial charge in [0, 0.05) is 22.9 Å². The first-order chi connectivity index (χ1) is 14.1. The third-order valence-electron chi connectivity index (χ3n) is 4.25. The summed E-state index contributed by atoms with van der Waals surface area (Å²) in [6.45, 7) is -0.442. The van der Waals surface area contributed by atoms with E-state index in [1.807, 2.05) is 24.3 Å². The number of para-hydroxylation sites is 1. The fourth-order valence-electron chi connectivity index (χ4n) is 2.93. The number of hydrogen-bond acceptors (Lipinski definition) is 6. The van der Waals surface area contributed by atoms with E-state index in [1.165, 1.54) is 25.5 Å². The standard InChI is InChI=1S/C22H17NO6/c1-26-20-11-16-15-6-2-3-7-18(15)29-19(16)12-17(20)23-21(24)13-28-22(25)9-8-14-5-4-10-27-14/h2-12H,13H2,1H3,(H,23,24)/b9-8+. The number of benzene rings is 2. The number of carbonyl (C=O) groups excluding carboxylic acids is 2. The molecule has 0 saturated carbocycles. The highest BCUT2D eigenvalue weighted by molar-refractivity contribution is 6.08. The second kappa shape index (κ2) is 7.93. The predicted octanol–water partition coefficient (Wildman–Crippen LogP) is 4.38. The van der Waals surface area contributed by atoms with Crippen molar-refractivity contribution >= 4 is 45.6 Å². The molecule has 4 rings (SSSR count). The molecule has 146 valence electrons. The summed E-state index contributed by atoms with van der Waals surface area (Å²) in [6, 6.07) is 14.5. The molecule has 0 unspecified atom stereocenters. The average Bonchev–Trinajstić information content (AvgIpc) is 3.37. The molecule has 29 heavy (non-hydrogen) atoms. The third-order valence-corrected chi connectivity index (χ3v) is 4.25. The van der Waals surface area contributed by atoms with Crippen molar-refractivity contribution in [1.29, 1.82) is 0 Å². The van der Waals surface area contributed by atoms with Crippen LogP contribution in [0.1, 0.15) is 5.76 Å². The van der Waals surface area contributed by atoms with Crippen molar-refractivity contribution in [3.8, 4) is 5.75 Å². The van der Waals surface area contributed by atoms with E-state index in [0.29, 0.717) is 22.8 Å². The first-order valence-corrected chi connectivity index (χ1v) is 8.81. The van der Waals surface area contributed by atoms with Crippen LogP contribution in [-0.4, -0.2) is 25.6 Å². The monoisotopic (exact) mass is 391 g/mol. The molecule has 7 heteroatoms. The Morgan fingerprint density at radius 2 is 1.93 bits per heavy atom. The van der Waals surface area contributed by atoms with Gasteiger partial charge in [-0.1, -0.05) is 18.2 Å². The van der Waals surface area contributed by atoms with Gasteiger partial charge in [-0.25, -0.2) is 4.79 Å². The van der Waals surface area contributed by atoms with Crippen LogP contribution < -0.4 is 10.1 Å². The maximum atomic E-state index is 12.2. The number of rotatable bonds is 6. The van der Waals surface area contributed by atoms with Gasteiger partial charge in [-0.05, 0) is 30.3 Å². The number of esters is 1. The van der Waals surface area contributed by atoms with Crippen LogP contribution in [0.2, 0.25) is 0 Å². The molecule has 0 radical (unpaired) electrons. The van der Waals surface area contributed by atoms with Crippen molar-refractivity contribution in [3.05, 3.63) is 66.6 Å². The molecule has 7 nitrogen and oxygen atoms in total. The number of furan rings is 2. The van der Waals surface area contributed by atoms with E-state index in [4.69, 9.17) is 18.3 Å². The Morgan fingerprint density at radius 1 is 1.07 bits per heavy atom. The van der Waals surface area contributed by atoms with Crippen LogP contribution in [0.15, 0.2) is 69.7 Å². The number of nitrogens with one attached hydrogen (secondary N) is 1. The van der Waals surface area contributed by atoms with Crippen LogP contribution in [0.3, 0.4) is 0 Å². The van der Waals surface area contributed by atoms with Gasteiger partial charge in [0.05, 0.1) is 19.1 Å². The van der Waals surface area contributed by atoms with Gasteiger partial charge in [0.25, 0.3) is 5.91 Å². The van der Waals surface area contributed by atoms with Crippen molar-refractivity contribution in [2.75, 3.05) is 19.0 Å². The summed E-state index contributed by atoms with van der Waals surface area (Å²) >= 11 is 0. The van der Waals surface area contributed by atoms with E-state index in [1.54, 1.807) is 24.3 Å². The van der Waals surface area contributed by atoms with Crippen molar-refractivity contribution in [2.45, 2.75) is 0 Å². The Hall–Kier alpha value is -4.00. The molecule has 0 aliphatic heterocycles. The molecule has 2 aromatic heterocycles. The Bertz CT molecular complexity index is 1200. The fourth-order valence-corrected chi connectivity index (χ4v) is 2.93. The summed E-state index contributed by atoms with van der Waals surface area (Å²) in [5.74, 6) is -0.175. The van der Waals surface area contributed by atoms with E-state index in [2.05, 4.69) is 5.32 Å². The van der Waals surface area contributed by atoms with Crippen molar-refractivity contribution in [1.82, 2.24) is 0 Å². The predicted molar refractivity (Wildman–Crippen MR) is 108 cm³/mol. The van der Waals surface area contributed by atoms with E-state index in [9.17, 15) is 9.59 Å². The number of hydrogen-bond donors (Lipinski definition) is 1. The number of carbonyl (C=O) groups is 2. The molecule has 0 aliphatic carbocycles. The number of anilines is 1. The quantitative estimate of drug-likeness (QED) is 0.387. The van der Waals surface area contributed by atoms with Gasteiger partial charge in [-0.2, -0.15) is 0 Å². The zero-order valence-corrected chi connectivity index (χ0v) is 15.5. The molecule has 4 aromatic rings. The topological polar surface area (TPSA) is 90.9 Å². The second-order valence-corrected chi connectivity index (χ2v) is 6.15. The molecule has 2 heterocycles. The molecule has 0 aliphatic rings. The van der Waals surface area contributed by atoms with Gasteiger partial charge < -0.3 is 23.6 Å². The van der Waals surface area contributed by atoms with Gasteiger partial charge in [0.15, 0.2) is 6.61 Å². The number of fused-ring (bicyclic) bond motifs is 3. The normalized spacial score (nSPS) is 11.2. The average molecular weight is 391 g/mol. The fraction of sp³-hybridized carbons (Fsp3) is 0.0909. The van der Waals surface area contributed by atoms with Crippen molar-refractivity contribution in [2.24, 2.45) is 0 Å². The molecule has 0 bridgehead atoms.